The largest absolute Gasteiger partial charge is 0.378 e. The molecular weight excluding hydrogens is 200 g/mol. The van der Waals surface area contributed by atoms with Crippen LogP contribution in [0.5, 0.6) is 0 Å². The fourth-order valence-electron chi connectivity index (χ4n) is 2.09. The summed E-state index contributed by atoms with van der Waals surface area (Å²) in [6.45, 7) is 0.830. The molecule has 0 unspecified atom stereocenters. The van der Waals surface area contributed by atoms with Crippen molar-refractivity contribution in [2.24, 2.45) is 0 Å². The zero-order valence-electron chi connectivity index (χ0n) is 9.52. The molecule has 0 aliphatic carbocycles. The van der Waals surface area contributed by atoms with E-state index in [0.29, 0.717) is 18.6 Å². The van der Waals surface area contributed by atoms with Gasteiger partial charge in [0, 0.05) is 19.4 Å². The van der Waals surface area contributed by atoms with E-state index in [0.717, 1.165) is 25.9 Å². The van der Waals surface area contributed by atoms with Gasteiger partial charge in [-0.1, -0.05) is 30.3 Å². The predicted octanol–water partition coefficient (Wildman–Crippen LogP) is 2.76. The van der Waals surface area contributed by atoms with Crippen LogP contribution in [0.2, 0.25) is 0 Å². The molecule has 0 N–H and O–H groups in total. The monoisotopic (exact) mass is 218 g/mol. The molecule has 2 heteroatoms. The number of carbonyl (C=O) groups excluding carboxylic acids is 1. The Morgan fingerprint density at radius 2 is 2.12 bits per heavy atom. The van der Waals surface area contributed by atoms with Gasteiger partial charge in [-0.25, -0.2) is 0 Å². The zero-order chi connectivity index (χ0) is 11.2. The van der Waals surface area contributed by atoms with E-state index in [1.807, 2.05) is 18.2 Å². The SMILES string of the molecule is O=C(CCc1ccccc1)C[C@H]1CCCO1. The molecule has 1 heterocycles. The average molecular weight is 218 g/mol. The maximum atomic E-state index is 11.7. The molecule has 2 nitrogen and oxygen atoms in total. The molecule has 0 radical (unpaired) electrons. The van der Waals surface area contributed by atoms with Crippen LogP contribution in [-0.2, 0) is 16.0 Å². The lowest BCUT2D eigenvalue weighted by Gasteiger charge is -2.07. The lowest BCUT2D eigenvalue weighted by molar-refractivity contribution is -0.121. The summed E-state index contributed by atoms with van der Waals surface area (Å²) in [6.07, 6.45) is 4.46. The Hall–Kier alpha value is -1.15. The third kappa shape index (κ3) is 3.46. The number of benzene rings is 1. The van der Waals surface area contributed by atoms with Gasteiger partial charge in [-0.05, 0) is 24.8 Å². The molecule has 1 fully saturated rings. The lowest BCUT2D eigenvalue weighted by atomic mass is 10.0. The van der Waals surface area contributed by atoms with E-state index in [9.17, 15) is 4.79 Å². The number of Topliss-reactive ketones (excluding diaryl/α,β-unsaturated/α-hetero) is 1. The zero-order valence-corrected chi connectivity index (χ0v) is 9.52. The summed E-state index contributed by atoms with van der Waals surface area (Å²) >= 11 is 0. The van der Waals surface area contributed by atoms with Crippen LogP contribution >= 0.6 is 0 Å². The number of ketones is 1. The number of carbonyl (C=O) groups is 1. The van der Waals surface area contributed by atoms with Crippen LogP contribution < -0.4 is 0 Å². The normalized spacial score (nSPS) is 19.9. The van der Waals surface area contributed by atoms with Gasteiger partial charge in [-0.3, -0.25) is 4.79 Å². The first-order chi connectivity index (χ1) is 7.84. The van der Waals surface area contributed by atoms with Gasteiger partial charge in [0.1, 0.15) is 5.78 Å². The van der Waals surface area contributed by atoms with Crippen LogP contribution in [0, 0.1) is 0 Å². The molecule has 0 aromatic heterocycles. The summed E-state index contributed by atoms with van der Waals surface area (Å²) in [5.74, 6) is 0.329. The molecule has 1 saturated heterocycles. The number of hydrogen-bond donors (Lipinski definition) is 0. The Morgan fingerprint density at radius 1 is 1.31 bits per heavy atom. The van der Waals surface area contributed by atoms with E-state index in [1.54, 1.807) is 0 Å². The van der Waals surface area contributed by atoms with Gasteiger partial charge in [-0.15, -0.1) is 0 Å². The number of aryl methyl sites for hydroxylation is 1. The van der Waals surface area contributed by atoms with E-state index in [2.05, 4.69) is 12.1 Å². The van der Waals surface area contributed by atoms with Crippen LogP contribution in [0.25, 0.3) is 0 Å². The molecule has 2 rings (SSSR count). The van der Waals surface area contributed by atoms with E-state index in [4.69, 9.17) is 4.74 Å². The first-order valence-electron chi connectivity index (χ1n) is 6.02. The quantitative estimate of drug-likeness (QED) is 0.759. The second kappa shape index (κ2) is 5.80. The highest BCUT2D eigenvalue weighted by Crippen LogP contribution is 2.16. The molecule has 1 atom stereocenters. The van der Waals surface area contributed by atoms with E-state index < -0.39 is 0 Å². The molecule has 86 valence electrons. The minimum Gasteiger partial charge on any atom is -0.378 e. The maximum Gasteiger partial charge on any atom is 0.135 e. The summed E-state index contributed by atoms with van der Waals surface area (Å²) in [4.78, 5) is 11.7. The van der Waals surface area contributed by atoms with Crippen LogP contribution in [0.4, 0.5) is 0 Å². The summed E-state index contributed by atoms with van der Waals surface area (Å²) in [6, 6.07) is 10.2. The van der Waals surface area contributed by atoms with Gasteiger partial charge in [0.2, 0.25) is 0 Å². The molecule has 1 aromatic rings. The molecule has 0 amide bonds. The van der Waals surface area contributed by atoms with Gasteiger partial charge in [0.15, 0.2) is 0 Å². The van der Waals surface area contributed by atoms with Crippen molar-refractivity contribution in [2.45, 2.75) is 38.2 Å². The standard InChI is InChI=1S/C14H18O2/c15-13(11-14-7-4-10-16-14)9-8-12-5-2-1-3-6-12/h1-3,5-6,14H,4,7-11H2/t14-/m1/s1. The van der Waals surface area contributed by atoms with Crippen molar-refractivity contribution < 1.29 is 9.53 Å². The Bertz CT molecular complexity index is 326. The maximum absolute atomic E-state index is 11.7. The summed E-state index contributed by atoms with van der Waals surface area (Å²) in [5, 5.41) is 0. The Labute approximate surface area is 96.6 Å². The molecule has 0 saturated carbocycles. The van der Waals surface area contributed by atoms with Crippen molar-refractivity contribution in [1.29, 1.82) is 0 Å². The van der Waals surface area contributed by atoms with Gasteiger partial charge in [0.05, 0.1) is 6.10 Å². The van der Waals surface area contributed by atoms with Crippen molar-refractivity contribution in [2.75, 3.05) is 6.61 Å². The van der Waals surface area contributed by atoms with Crippen molar-refractivity contribution >= 4 is 5.78 Å². The number of ether oxygens (including phenoxy) is 1. The van der Waals surface area contributed by atoms with Gasteiger partial charge in [-0.2, -0.15) is 0 Å². The van der Waals surface area contributed by atoms with Gasteiger partial charge >= 0.3 is 0 Å². The molecule has 1 aliphatic rings. The second-order valence-electron chi connectivity index (χ2n) is 4.36. The van der Waals surface area contributed by atoms with Crippen molar-refractivity contribution in [1.82, 2.24) is 0 Å². The highest BCUT2D eigenvalue weighted by molar-refractivity contribution is 5.79. The minimum absolute atomic E-state index is 0.197. The molecular formula is C14H18O2. The topological polar surface area (TPSA) is 26.3 Å². The van der Waals surface area contributed by atoms with Crippen LogP contribution in [0.3, 0.4) is 0 Å². The fourth-order valence-corrected chi connectivity index (χ4v) is 2.09. The van der Waals surface area contributed by atoms with E-state index >= 15 is 0 Å². The first-order valence-corrected chi connectivity index (χ1v) is 6.02. The molecule has 1 aromatic carbocycles. The van der Waals surface area contributed by atoms with Crippen LogP contribution in [0.1, 0.15) is 31.2 Å². The molecule has 16 heavy (non-hydrogen) atoms. The third-order valence-corrected chi connectivity index (χ3v) is 3.01. The van der Waals surface area contributed by atoms with Crippen LogP contribution in [0.15, 0.2) is 30.3 Å². The highest BCUT2D eigenvalue weighted by atomic mass is 16.5. The number of rotatable bonds is 5. The fraction of sp³-hybridized carbons (Fsp3) is 0.500. The van der Waals surface area contributed by atoms with Gasteiger partial charge < -0.3 is 4.74 Å². The molecule has 0 bridgehead atoms. The Balaban J connectivity index is 1.71. The second-order valence-corrected chi connectivity index (χ2v) is 4.36. The van der Waals surface area contributed by atoms with Crippen molar-refractivity contribution in [3.05, 3.63) is 35.9 Å². The third-order valence-electron chi connectivity index (χ3n) is 3.01. The van der Waals surface area contributed by atoms with E-state index in [-0.39, 0.29) is 6.10 Å². The number of hydrogen-bond acceptors (Lipinski definition) is 2. The van der Waals surface area contributed by atoms with E-state index in [1.165, 1.54) is 5.56 Å². The summed E-state index contributed by atoms with van der Waals surface area (Å²) < 4.78 is 5.45. The highest BCUT2D eigenvalue weighted by Gasteiger charge is 2.18. The smallest absolute Gasteiger partial charge is 0.135 e. The minimum atomic E-state index is 0.197. The Morgan fingerprint density at radius 3 is 2.81 bits per heavy atom. The predicted molar refractivity (Wildman–Crippen MR) is 63.4 cm³/mol. The lowest BCUT2D eigenvalue weighted by Crippen LogP contribution is -2.12. The molecule has 1 aliphatic heterocycles. The first kappa shape index (κ1) is 11.3. The van der Waals surface area contributed by atoms with Gasteiger partial charge in [0.25, 0.3) is 0 Å². The summed E-state index contributed by atoms with van der Waals surface area (Å²) in [5.41, 5.74) is 1.24. The van der Waals surface area contributed by atoms with Crippen LogP contribution in [-0.4, -0.2) is 18.5 Å². The Kier molecular flexibility index (Phi) is 4.11. The summed E-state index contributed by atoms with van der Waals surface area (Å²) in [7, 11) is 0. The van der Waals surface area contributed by atoms with Crippen molar-refractivity contribution in [3.8, 4) is 0 Å². The molecule has 0 spiro atoms. The average Bonchev–Trinajstić information content (AvgIpc) is 2.81. The van der Waals surface area contributed by atoms with Crippen molar-refractivity contribution in [3.63, 3.8) is 0 Å².